The minimum atomic E-state index is -0.999. The molecule has 0 unspecified atom stereocenters. The van der Waals surface area contributed by atoms with Crippen LogP contribution in [-0.2, 0) is 13.0 Å². The topological polar surface area (TPSA) is 58.2 Å². The zero-order valence-electron chi connectivity index (χ0n) is 13.3. The highest BCUT2D eigenvalue weighted by atomic mass is 19.1. The van der Waals surface area contributed by atoms with Gasteiger partial charge in [0.25, 0.3) is 5.91 Å². The third kappa shape index (κ3) is 3.67. The number of aromatic amines is 1. The van der Waals surface area contributed by atoms with Crippen molar-refractivity contribution in [1.82, 2.24) is 15.1 Å². The Morgan fingerprint density at radius 3 is 2.78 bits per heavy atom. The summed E-state index contributed by atoms with van der Waals surface area (Å²) in [7, 11) is 2.69. The van der Waals surface area contributed by atoms with Crippen molar-refractivity contribution in [1.29, 1.82) is 0 Å². The quantitative estimate of drug-likeness (QED) is 0.889. The van der Waals surface area contributed by atoms with Crippen LogP contribution in [0.15, 0.2) is 18.2 Å². The van der Waals surface area contributed by atoms with Crippen LogP contribution in [0.25, 0.3) is 0 Å². The van der Waals surface area contributed by atoms with E-state index in [1.165, 1.54) is 11.9 Å². The van der Waals surface area contributed by atoms with Gasteiger partial charge in [0, 0.05) is 7.05 Å². The van der Waals surface area contributed by atoms with E-state index in [0.717, 1.165) is 43.5 Å². The molecule has 0 fully saturated rings. The first-order chi connectivity index (χ1) is 11.0. The molecule has 2 rings (SSSR count). The number of hydrogen-bond acceptors (Lipinski definition) is 3. The van der Waals surface area contributed by atoms with Gasteiger partial charge in [-0.15, -0.1) is 0 Å². The summed E-state index contributed by atoms with van der Waals surface area (Å²) in [6.45, 7) is 2.30. The van der Waals surface area contributed by atoms with Gasteiger partial charge in [-0.3, -0.25) is 9.89 Å². The van der Waals surface area contributed by atoms with Crippen LogP contribution >= 0.6 is 0 Å². The lowest BCUT2D eigenvalue weighted by Crippen LogP contribution is -2.27. The summed E-state index contributed by atoms with van der Waals surface area (Å²) in [6, 6.07) is 3.99. The highest BCUT2D eigenvalue weighted by Gasteiger charge is 2.22. The Bertz CT molecular complexity index is 701. The monoisotopic (exact) mass is 323 g/mol. The number of amides is 1. The van der Waals surface area contributed by atoms with Gasteiger partial charge in [-0.1, -0.05) is 13.3 Å². The average molecular weight is 323 g/mol. The summed E-state index contributed by atoms with van der Waals surface area (Å²) < 4.78 is 32.2. The summed E-state index contributed by atoms with van der Waals surface area (Å²) >= 11 is 0. The zero-order chi connectivity index (χ0) is 17.0. The number of rotatable bonds is 6. The maximum absolute atomic E-state index is 14.2. The summed E-state index contributed by atoms with van der Waals surface area (Å²) in [4.78, 5) is 13.7. The zero-order valence-corrected chi connectivity index (χ0v) is 13.3. The second-order valence-corrected chi connectivity index (χ2v) is 5.24. The summed E-state index contributed by atoms with van der Waals surface area (Å²) in [5, 5.41) is 6.99. The van der Waals surface area contributed by atoms with E-state index in [2.05, 4.69) is 21.9 Å². The van der Waals surface area contributed by atoms with Crippen LogP contribution in [0, 0.1) is 11.6 Å². The maximum Gasteiger partial charge on any atom is 0.257 e. The number of H-pyrrole nitrogens is 1. The van der Waals surface area contributed by atoms with Crippen molar-refractivity contribution >= 4 is 5.91 Å². The lowest BCUT2D eigenvalue weighted by Gasteiger charge is -2.17. The molecular weight excluding hydrogens is 304 g/mol. The summed E-state index contributed by atoms with van der Waals surface area (Å²) in [5.74, 6) is -2.97. The fourth-order valence-corrected chi connectivity index (χ4v) is 2.29. The number of benzene rings is 1. The number of methoxy groups -OCH3 is 1. The van der Waals surface area contributed by atoms with Crippen molar-refractivity contribution in [2.75, 3.05) is 14.2 Å². The Balaban J connectivity index is 2.16. The first-order valence-corrected chi connectivity index (χ1v) is 7.28. The molecule has 0 saturated carbocycles. The molecule has 0 radical (unpaired) electrons. The summed E-state index contributed by atoms with van der Waals surface area (Å²) in [6.07, 6.45) is 1.82. The van der Waals surface area contributed by atoms with E-state index >= 15 is 0 Å². The Labute approximate surface area is 133 Å². The molecule has 1 N–H and O–H groups in total. The third-order valence-electron chi connectivity index (χ3n) is 3.43. The van der Waals surface area contributed by atoms with E-state index in [9.17, 15) is 13.6 Å². The molecule has 1 aromatic carbocycles. The molecule has 124 valence electrons. The van der Waals surface area contributed by atoms with Crippen molar-refractivity contribution in [2.45, 2.75) is 26.3 Å². The molecule has 7 heteroatoms. The predicted molar refractivity (Wildman–Crippen MR) is 81.3 cm³/mol. The van der Waals surface area contributed by atoms with Gasteiger partial charge in [0.05, 0.1) is 30.6 Å². The number of hydrogen-bond donors (Lipinski definition) is 1. The number of ether oxygens (including phenoxy) is 1. The molecule has 0 saturated heterocycles. The van der Waals surface area contributed by atoms with Crippen molar-refractivity contribution < 1.29 is 18.3 Å². The van der Waals surface area contributed by atoms with Gasteiger partial charge in [0.15, 0.2) is 17.4 Å². The molecule has 23 heavy (non-hydrogen) atoms. The summed E-state index contributed by atoms with van der Waals surface area (Å²) in [5.41, 5.74) is 1.43. The normalized spacial score (nSPS) is 10.7. The second kappa shape index (κ2) is 7.21. The number of carbonyl (C=O) groups excluding carboxylic acids is 1. The number of nitrogens with one attached hydrogen (secondary N) is 1. The number of aryl methyl sites for hydroxylation is 1. The second-order valence-electron chi connectivity index (χ2n) is 5.24. The van der Waals surface area contributed by atoms with Crippen LogP contribution < -0.4 is 4.74 Å². The maximum atomic E-state index is 14.2. The Kier molecular flexibility index (Phi) is 5.31. The molecule has 5 nitrogen and oxygen atoms in total. The molecule has 0 aliphatic heterocycles. The van der Waals surface area contributed by atoms with Crippen LogP contribution in [0.4, 0.5) is 8.78 Å². The van der Waals surface area contributed by atoms with Crippen molar-refractivity contribution in [3.63, 3.8) is 0 Å². The van der Waals surface area contributed by atoms with E-state index in [4.69, 9.17) is 0 Å². The minimum Gasteiger partial charge on any atom is -0.491 e. The lowest BCUT2D eigenvalue weighted by atomic mass is 10.1. The molecule has 0 aliphatic carbocycles. The van der Waals surface area contributed by atoms with Gasteiger partial charge in [0.1, 0.15) is 0 Å². The first-order valence-electron chi connectivity index (χ1n) is 7.28. The molecule has 0 aliphatic rings. The van der Waals surface area contributed by atoms with E-state index in [0.29, 0.717) is 0 Å². The van der Waals surface area contributed by atoms with Crippen LogP contribution in [-0.4, -0.2) is 35.2 Å². The highest BCUT2D eigenvalue weighted by Crippen LogP contribution is 2.25. The van der Waals surface area contributed by atoms with E-state index in [1.807, 2.05) is 6.07 Å². The van der Waals surface area contributed by atoms with Gasteiger partial charge in [-0.05, 0) is 24.6 Å². The van der Waals surface area contributed by atoms with Gasteiger partial charge in [-0.25, -0.2) is 8.78 Å². The molecule has 1 amide bonds. The predicted octanol–water partition coefficient (Wildman–Crippen LogP) is 2.92. The van der Waals surface area contributed by atoms with E-state index in [1.54, 1.807) is 0 Å². The van der Waals surface area contributed by atoms with Crippen molar-refractivity contribution in [3.8, 4) is 5.75 Å². The highest BCUT2D eigenvalue weighted by molar-refractivity contribution is 5.94. The van der Waals surface area contributed by atoms with Gasteiger partial charge < -0.3 is 9.64 Å². The fourth-order valence-electron chi connectivity index (χ4n) is 2.29. The number of carbonyl (C=O) groups is 1. The SMILES string of the molecule is CCCc1cc(CN(C)C(=O)c2ccc(F)c(OC)c2F)[nH]n1. The van der Waals surface area contributed by atoms with E-state index in [-0.39, 0.29) is 12.1 Å². The molecule has 2 aromatic rings. The Hall–Kier alpha value is -2.44. The first kappa shape index (κ1) is 16.9. The average Bonchev–Trinajstić information content (AvgIpc) is 2.95. The van der Waals surface area contributed by atoms with Crippen LogP contribution in [0.5, 0.6) is 5.75 Å². The van der Waals surface area contributed by atoms with Crippen molar-refractivity contribution in [2.24, 2.45) is 0 Å². The van der Waals surface area contributed by atoms with Gasteiger partial charge >= 0.3 is 0 Å². The molecule has 0 spiro atoms. The largest absolute Gasteiger partial charge is 0.491 e. The molecule has 0 bridgehead atoms. The fraction of sp³-hybridized carbons (Fsp3) is 0.375. The third-order valence-corrected chi connectivity index (χ3v) is 3.43. The lowest BCUT2D eigenvalue weighted by molar-refractivity contribution is 0.0777. The van der Waals surface area contributed by atoms with Crippen LogP contribution in [0.3, 0.4) is 0 Å². The number of halogens is 2. The standard InChI is InChI=1S/C16H19F2N3O2/c1-4-5-10-8-11(20-19-10)9-21(2)16(22)12-6-7-13(17)15(23-3)14(12)18/h6-8H,4-5,9H2,1-3H3,(H,19,20). The minimum absolute atomic E-state index is 0.237. The Morgan fingerprint density at radius 1 is 1.39 bits per heavy atom. The van der Waals surface area contributed by atoms with E-state index < -0.39 is 23.3 Å². The Morgan fingerprint density at radius 2 is 2.13 bits per heavy atom. The number of aromatic nitrogens is 2. The van der Waals surface area contributed by atoms with Crippen LogP contribution in [0.1, 0.15) is 35.1 Å². The molecule has 1 heterocycles. The molecule has 0 atom stereocenters. The number of nitrogens with zero attached hydrogens (tertiary/aromatic N) is 2. The van der Waals surface area contributed by atoms with Crippen molar-refractivity contribution in [3.05, 3.63) is 46.8 Å². The molecule has 1 aromatic heterocycles. The smallest absolute Gasteiger partial charge is 0.257 e. The molecular formula is C16H19F2N3O2. The van der Waals surface area contributed by atoms with Crippen LogP contribution in [0.2, 0.25) is 0 Å². The van der Waals surface area contributed by atoms with Gasteiger partial charge in [0.2, 0.25) is 0 Å². The van der Waals surface area contributed by atoms with Gasteiger partial charge in [-0.2, -0.15) is 5.10 Å².